The molecular weight excluding hydrogens is 718 g/mol. The highest BCUT2D eigenvalue weighted by atomic mass is 16.6. The molecule has 3 unspecified atom stereocenters. The lowest BCUT2D eigenvalue weighted by Gasteiger charge is -2.54. The monoisotopic (exact) mass is 781 g/mol. The van der Waals surface area contributed by atoms with Crippen molar-refractivity contribution in [2.75, 3.05) is 27.4 Å². The Morgan fingerprint density at radius 2 is 1.54 bits per heavy atom. The Labute approximate surface area is 331 Å². The van der Waals surface area contributed by atoms with Gasteiger partial charge in [-0.15, -0.1) is 5.92 Å². The molecule has 0 aromatic rings. The summed E-state index contributed by atoms with van der Waals surface area (Å²) in [7, 11) is 2.44. The Kier molecular flexibility index (Phi) is 13.0. The highest BCUT2D eigenvalue weighted by molar-refractivity contribution is 5.98. The number of methoxy groups -OCH3 is 2. The van der Waals surface area contributed by atoms with E-state index in [2.05, 4.69) is 22.1 Å². The molecule has 4 N–H and O–H groups in total. The molecule has 4 saturated carbocycles. The van der Waals surface area contributed by atoms with Gasteiger partial charge in [0.05, 0.1) is 50.9 Å². The number of aliphatic hydroxyl groups excluding tert-OH is 1. The number of carbonyl (C=O) groups excluding carboxylic acids is 5. The number of nitrogens with zero attached hydrogens (tertiary/aromatic N) is 1. The summed E-state index contributed by atoms with van der Waals surface area (Å²) in [6.45, 7) is 0.225. The predicted molar refractivity (Wildman–Crippen MR) is 203 cm³/mol. The van der Waals surface area contributed by atoms with E-state index >= 15 is 4.79 Å². The van der Waals surface area contributed by atoms with Gasteiger partial charge in [-0.05, 0) is 94.3 Å². The molecule has 0 aromatic heterocycles. The van der Waals surface area contributed by atoms with Crippen LogP contribution >= 0.6 is 0 Å². The van der Waals surface area contributed by atoms with Gasteiger partial charge in [0.2, 0.25) is 11.8 Å². The minimum Gasteiger partial charge on any atom is -0.468 e. The minimum atomic E-state index is -1.28. The second kappa shape index (κ2) is 17.7. The Bertz CT molecular complexity index is 1510. The lowest BCUT2D eigenvalue weighted by Crippen LogP contribution is -2.66. The molecule has 7 fully saturated rings. The lowest BCUT2D eigenvalue weighted by atomic mass is 9.56. The van der Waals surface area contributed by atoms with Gasteiger partial charge >= 0.3 is 17.9 Å². The first-order chi connectivity index (χ1) is 27.1. The maximum absolute atomic E-state index is 15.2. The molecule has 56 heavy (non-hydrogen) atoms. The zero-order valence-electron chi connectivity index (χ0n) is 33.3. The average Bonchev–Trinajstić information content (AvgIpc) is 3.70. The van der Waals surface area contributed by atoms with E-state index in [0.717, 1.165) is 77.0 Å². The quantitative estimate of drug-likeness (QED) is 0.128. The van der Waals surface area contributed by atoms with Gasteiger partial charge in [-0.1, -0.05) is 44.4 Å². The number of rotatable bonds is 10. The number of primary amides is 1. The van der Waals surface area contributed by atoms with Crippen molar-refractivity contribution in [3.8, 4) is 11.8 Å². The third-order valence-corrected chi connectivity index (χ3v) is 15.1. The van der Waals surface area contributed by atoms with Gasteiger partial charge in [-0.2, -0.15) is 0 Å². The fraction of sp³-hybridized carbons (Fsp3) is 0.837. The first-order valence-electron chi connectivity index (χ1n) is 21.6. The van der Waals surface area contributed by atoms with Gasteiger partial charge in [0.25, 0.3) is 0 Å². The average molecular weight is 782 g/mol. The summed E-state index contributed by atoms with van der Waals surface area (Å²) in [5.74, 6) is 1.47. The molecule has 3 saturated heterocycles. The first-order valence-corrected chi connectivity index (χ1v) is 21.6. The number of carbonyl (C=O) groups is 5. The van der Waals surface area contributed by atoms with Gasteiger partial charge in [0, 0.05) is 24.4 Å². The lowest BCUT2D eigenvalue weighted by molar-refractivity contribution is -0.190. The molecule has 0 radical (unpaired) electrons. The van der Waals surface area contributed by atoms with Crippen molar-refractivity contribution in [1.29, 1.82) is 0 Å². The van der Waals surface area contributed by atoms with E-state index in [1.165, 1.54) is 27.1 Å². The molecule has 7 rings (SSSR count). The molecular formula is C43H63N3O10. The van der Waals surface area contributed by atoms with Gasteiger partial charge in [-0.3, -0.25) is 28.9 Å². The summed E-state index contributed by atoms with van der Waals surface area (Å²) >= 11 is 0. The summed E-state index contributed by atoms with van der Waals surface area (Å²) in [5, 5.41) is 12.8. The Morgan fingerprint density at radius 1 is 0.893 bits per heavy atom. The number of esters is 3. The molecule has 1 spiro atoms. The van der Waals surface area contributed by atoms with Crippen molar-refractivity contribution in [2.45, 2.75) is 152 Å². The van der Waals surface area contributed by atoms with Crippen LogP contribution in [-0.2, 0) is 42.9 Å². The molecule has 310 valence electrons. The van der Waals surface area contributed by atoms with Gasteiger partial charge in [-0.25, -0.2) is 0 Å². The number of nitrogens with two attached hydrogens (primary N) is 1. The third kappa shape index (κ3) is 7.47. The van der Waals surface area contributed by atoms with Crippen LogP contribution in [0.5, 0.6) is 0 Å². The fourth-order valence-electron chi connectivity index (χ4n) is 12.8. The summed E-state index contributed by atoms with van der Waals surface area (Å²) in [5.41, 5.74) is 5.22. The van der Waals surface area contributed by atoms with E-state index in [-0.39, 0.29) is 79.4 Å². The smallest absolute Gasteiger partial charge is 0.324 e. The zero-order chi connectivity index (χ0) is 39.6. The van der Waals surface area contributed by atoms with Crippen LogP contribution in [0.15, 0.2) is 0 Å². The number of hydrogen-bond acceptors (Lipinski definition) is 11. The standard InChI is InChI=1S/C43H63N3O10/c1-53-39(49)30(40(50)54-2)15-9-10-25-16-21-32-31(24-25)43(42(52)45-32)33(38(44)48)35-41(51)56-36(27-13-7-4-8-14-27)34(26-11-5-3-6-12-26)46(35)37(43)28-17-19-29(20-18-28)55-23-22-47/h25-37,47H,3-8,11-24H2,1-2H3,(H2,44,48)(H,45,52)/t25?,28?,29?,31?,32?,33-,34-,35-,36+,37+,43-/m1/s1. The van der Waals surface area contributed by atoms with Gasteiger partial charge in [0.15, 0.2) is 5.92 Å². The van der Waals surface area contributed by atoms with Crippen LogP contribution in [0.3, 0.4) is 0 Å². The van der Waals surface area contributed by atoms with Gasteiger partial charge < -0.3 is 35.1 Å². The highest BCUT2D eigenvalue weighted by Gasteiger charge is 2.77. The number of morpholine rings is 1. The molecule has 7 aliphatic rings. The number of fused-ring (bicyclic) bond motifs is 3. The number of nitrogens with one attached hydrogen (secondary N) is 1. The van der Waals surface area contributed by atoms with E-state index < -0.39 is 53.1 Å². The van der Waals surface area contributed by atoms with Crippen molar-refractivity contribution in [3.63, 3.8) is 0 Å². The van der Waals surface area contributed by atoms with Crippen LogP contribution in [0.1, 0.15) is 116 Å². The Balaban J connectivity index is 1.31. The third-order valence-electron chi connectivity index (χ3n) is 15.1. The van der Waals surface area contributed by atoms with Crippen LogP contribution in [-0.4, -0.2) is 104 Å². The van der Waals surface area contributed by atoms with Crippen LogP contribution in [0.4, 0.5) is 0 Å². The summed E-state index contributed by atoms with van der Waals surface area (Å²) in [6, 6.07) is -1.70. The second-order valence-corrected chi connectivity index (χ2v) is 17.8. The Morgan fingerprint density at radius 3 is 2.14 bits per heavy atom. The molecule has 9 atom stereocenters. The van der Waals surface area contributed by atoms with Crippen LogP contribution < -0.4 is 11.1 Å². The minimum absolute atomic E-state index is 0.00310. The summed E-state index contributed by atoms with van der Waals surface area (Å²) in [6.07, 6.45) is 15.3. The maximum Gasteiger partial charge on any atom is 0.324 e. The Hall–Kier alpha value is -3.21. The van der Waals surface area contributed by atoms with E-state index in [9.17, 15) is 24.3 Å². The molecule has 3 aliphatic heterocycles. The van der Waals surface area contributed by atoms with Crippen molar-refractivity contribution >= 4 is 29.7 Å². The fourth-order valence-corrected chi connectivity index (χ4v) is 12.8. The topological polar surface area (TPSA) is 184 Å². The summed E-state index contributed by atoms with van der Waals surface area (Å²) in [4.78, 5) is 71.3. The molecule has 3 heterocycles. The maximum atomic E-state index is 15.2. The van der Waals surface area contributed by atoms with Crippen LogP contribution in [0.25, 0.3) is 0 Å². The van der Waals surface area contributed by atoms with Crippen molar-refractivity contribution in [3.05, 3.63) is 0 Å². The number of cyclic esters (lactones) is 1. The van der Waals surface area contributed by atoms with Crippen LogP contribution in [0, 0.1) is 58.7 Å². The number of hydrogen-bond donors (Lipinski definition) is 3. The first kappa shape index (κ1) is 41.0. The van der Waals surface area contributed by atoms with E-state index in [0.29, 0.717) is 19.3 Å². The normalized spacial score (nSPS) is 37.9. The number of ether oxygens (including phenoxy) is 4. The van der Waals surface area contributed by atoms with E-state index in [4.69, 9.17) is 24.7 Å². The zero-order valence-corrected chi connectivity index (χ0v) is 33.3. The molecule has 2 amide bonds. The summed E-state index contributed by atoms with van der Waals surface area (Å²) < 4.78 is 22.3. The molecule has 0 aromatic carbocycles. The van der Waals surface area contributed by atoms with E-state index in [1.54, 1.807) is 0 Å². The molecule has 0 bridgehead atoms. The molecule has 13 nitrogen and oxygen atoms in total. The predicted octanol–water partition coefficient (Wildman–Crippen LogP) is 3.42. The van der Waals surface area contributed by atoms with E-state index in [1.807, 2.05) is 0 Å². The van der Waals surface area contributed by atoms with Crippen molar-refractivity contribution in [1.82, 2.24) is 10.2 Å². The second-order valence-electron chi connectivity index (χ2n) is 17.8. The van der Waals surface area contributed by atoms with Crippen LogP contribution in [0.2, 0.25) is 0 Å². The number of amides is 2. The van der Waals surface area contributed by atoms with Crippen molar-refractivity contribution < 1.29 is 48.0 Å². The molecule has 13 heteroatoms. The largest absolute Gasteiger partial charge is 0.468 e. The van der Waals surface area contributed by atoms with Crippen molar-refractivity contribution in [2.24, 2.45) is 52.6 Å². The number of aliphatic hydroxyl groups is 1. The SMILES string of the molecule is COC(=O)C(CC#CC1CCC2NC(=O)[C@@]3(C2C1)[C@H](C1CCC(OCCO)CC1)N1[C@H](C2CCCCC2)[C@H](C2CCCCC2)OC(=O)[C@H]1[C@@H]3C(N)=O)C(=O)OC. The molecule has 4 aliphatic carbocycles. The highest BCUT2D eigenvalue weighted by Crippen LogP contribution is 2.63. The van der Waals surface area contributed by atoms with Gasteiger partial charge in [0.1, 0.15) is 12.1 Å².